The molecule has 9 saturated carbocycles. The zero-order valence-corrected chi connectivity index (χ0v) is 27.8. The summed E-state index contributed by atoms with van der Waals surface area (Å²) in [6.07, 6.45) is 14.5. The van der Waals surface area contributed by atoms with Gasteiger partial charge in [0.25, 0.3) is 0 Å². The van der Waals surface area contributed by atoms with Crippen molar-refractivity contribution in [1.82, 2.24) is 0 Å². The predicted octanol–water partition coefficient (Wildman–Crippen LogP) is 9.11. The van der Waals surface area contributed by atoms with Crippen molar-refractivity contribution < 1.29 is 9.47 Å². The summed E-state index contributed by atoms with van der Waals surface area (Å²) in [5.74, 6) is 16.9. The van der Waals surface area contributed by atoms with Gasteiger partial charge in [-0.2, -0.15) is 0 Å². The summed E-state index contributed by atoms with van der Waals surface area (Å²) >= 11 is 0. The van der Waals surface area contributed by atoms with Crippen molar-refractivity contribution in [3.63, 3.8) is 0 Å². The third kappa shape index (κ3) is 1.92. The molecular formula is C43H48O2. The van der Waals surface area contributed by atoms with Crippen molar-refractivity contribution in [3.8, 4) is 11.5 Å². The molecule has 2 nitrogen and oxygen atoms in total. The Morgan fingerprint density at radius 3 is 1.31 bits per heavy atom. The summed E-state index contributed by atoms with van der Waals surface area (Å²) in [6, 6.07) is 8.87. The number of ether oxygens (including phenoxy) is 2. The fourth-order valence-electron chi connectivity index (χ4n) is 20.0. The van der Waals surface area contributed by atoms with Crippen LogP contribution >= 0.6 is 0 Å². The van der Waals surface area contributed by atoms with Crippen LogP contribution in [0.5, 0.6) is 11.5 Å². The summed E-state index contributed by atoms with van der Waals surface area (Å²) in [7, 11) is 3.83. The second-order valence-electron chi connectivity index (χ2n) is 19.3. The van der Waals surface area contributed by atoms with E-state index in [1.807, 2.05) is 14.2 Å². The molecule has 232 valence electrons. The maximum atomic E-state index is 6.34. The molecular weight excluding hydrogens is 548 g/mol. The van der Waals surface area contributed by atoms with Crippen molar-refractivity contribution in [2.45, 2.75) is 58.8 Å². The summed E-state index contributed by atoms with van der Waals surface area (Å²) in [5, 5.41) is 2.50. The van der Waals surface area contributed by atoms with Crippen molar-refractivity contribution in [2.75, 3.05) is 14.2 Å². The van der Waals surface area contributed by atoms with Crippen LogP contribution in [0.25, 0.3) is 10.8 Å². The first-order valence-corrected chi connectivity index (χ1v) is 18.8. The first kappa shape index (κ1) is 24.9. The van der Waals surface area contributed by atoms with E-state index in [2.05, 4.69) is 76.3 Å². The fourth-order valence-corrected chi connectivity index (χ4v) is 20.0. The smallest absolute Gasteiger partial charge is 0.130 e. The fraction of sp³-hybridized carbons (Fsp3) is 0.674. The van der Waals surface area contributed by atoms with Crippen molar-refractivity contribution in [3.05, 3.63) is 59.7 Å². The van der Waals surface area contributed by atoms with Crippen molar-refractivity contribution in [2.24, 2.45) is 105 Å². The minimum Gasteiger partial charge on any atom is -0.496 e. The molecule has 11 aliphatic carbocycles. The van der Waals surface area contributed by atoms with E-state index in [0.29, 0.717) is 33.5 Å². The molecule has 0 aliphatic heterocycles. The predicted molar refractivity (Wildman–Crippen MR) is 176 cm³/mol. The Labute approximate surface area is 268 Å². The zero-order chi connectivity index (χ0) is 29.9. The molecule has 0 N–H and O–H groups in total. The van der Waals surface area contributed by atoms with Gasteiger partial charge in [-0.25, -0.2) is 0 Å². The van der Waals surface area contributed by atoms with Crippen LogP contribution in [-0.2, 0) is 0 Å². The lowest BCUT2D eigenvalue weighted by Gasteiger charge is -2.91. The molecule has 0 radical (unpaired) electrons. The van der Waals surface area contributed by atoms with E-state index in [-0.39, 0.29) is 0 Å². The number of fused-ring (bicyclic) bond motifs is 35. The zero-order valence-electron chi connectivity index (χ0n) is 27.8. The Morgan fingerprint density at radius 1 is 0.511 bits per heavy atom. The maximum Gasteiger partial charge on any atom is 0.130 e. The van der Waals surface area contributed by atoms with Gasteiger partial charge in [-0.3, -0.25) is 0 Å². The lowest BCUT2D eigenvalue weighted by molar-refractivity contribution is -0.438. The lowest BCUT2D eigenvalue weighted by atomic mass is 9.13. The molecule has 0 saturated heterocycles. The number of methoxy groups -OCH3 is 2. The van der Waals surface area contributed by atoms with Crippen LogP contribution in [0, 0.1) is 105 Å². The number of hydrogen-bond acceptors (Lipinski definition) is 2. The van der Waals surface area contributed by atoms with Gasteiger partial charge >= 0.3 is 0 Å². The van der Waals surface area contributed by atoms with Crippen LogP contribution in [-0.4, -0.2) is 14.2 Å². The summed E-state index contributed by atoms with van der Waals surface area (Å²) in [6.45, 7) is 11.3. The normalized spacial score (nSPS) is 62.4. The third-order valence-electron chi connectivity index (χ3n) is 20.2. The van der Waals surface area contributed by atoms with Gasteiger partial charge in [-0.1, -0.05) is 76.3 Å². The van der Waals surface area contributed by atoms with Gasteiger partial charge in [0.15, 0.2) is 0 Å². The highest BCUT2D eigenvalue weighted by molar-refractivity contribution is 5.97. The van der Waals surface area contributed by atoms with Gasteiger partial charge in [-0.05, 0) is 136 Å². The number of rotatable bonds is 2. The average Bonchev–Trinajstić information content (AvgIpc) is 3.91. The van der Waals surface area contributed by atoms with Crippen LogP contribution in [0.4, 0.5) is 0 Å². The monoisotopic (exact) mass is 596 g/mol. The molecule has 9 fully saturated rings. The molecule has 13 rings (SSSR count). The first-order chi connectivity index (χ1) is 21.8. The van der Waals surface area contributed by atoms with Gasteiger partial charge in [0, 0.05) is 21.9 Å². The van der Waals surface area contributed by atoms with E-state index in [9.17, 15) is 0 Å². The Kier molecular flexibility index (Phi) is 3.78. The molecule has 11 aliphatic rings. The molecule has 2 aromatic carbocycles. The molecule has 2 heteroatoms. The molecule has 0 unspecified atom stereocenters. The molecule has 0 amide bonds. The SMILES string of the molecule is COc1c2c(c(OC)c3ccccc13)[C@@H]1C[C@H]2[C@@H]2[C@H]1[C@@]1(C)[C@@H]3[C@@H]4C[C@@H]([C@@H]5[C@H]4[C@@]4(C)[C@@H]6[C@@H]7C[C@@H]([C@H]8C=CC=C[C@H]87)[C@@H]6[C@@]54C)[C@@H]3[C@@]21C. The standard InChI is InChI=1S/C43H48O2/c1-40-30-22-15-23(19-12-8-7-11-18(19)22)31(30)41(40,2)35-27-17-26(34(35)40)36-37(27)43(4)33-25-16-24(32(33)42(36,43)3)28-29(25)39(45-6)21-14-10-9-13-20(21)38(28)44-5/h7-14,18-19,22-27,30-37H,15-17H2,1-6H3/t18-,19+,22-,23+,24+,25-,26-,27+,30-,31+,32+,33-,34+,35-,36-,37+,40-,41+,42+,43-. The first-order valence-electron chi connectivity index (χ1n) is 18.8. The summed E-state index contributed by atoms with van der Waals surface area (Å²) in [5.41, 5.74) is 5.29. The van der Waals surface area contributed by atoms with E-state index < -0.39 is 0 Å². The Hall–Kier alpha value is -2.22. The summed E-state index contributed by atoms with van der Waals surface area (Å²) < 4.78 is 12.7. The topological polar surface area (TPSA) is 18.5 Å². The molecule has 45 heavy (non-hydrogen) atoms. The highest BCUT2D eigenvalue weighted by Crippen LogP contribution is 3.01. The van der Waals surface area contributed by atoms with Gasteiger partial charge in [0.2, 0.25) is 0 Å². The number of allylic oxidation sites excluding steroid dienone is 4. The van der Waals surface area contributed by atoms with Gasteiger partial charge in [0.05, 0.1) is 14.2 Å². The van der Waals surface area contributed by atoms with Crippen LogP contribution in [0.15, 0.2) is 48.6 Å². The highest BCUT2D eigenvalue weighted by Gasteiger charge is 2.96. The third-order valence-corrected chi connectivity index (χ3v) is 20.2. The van der Waals surface area contributed by atoms with Crippen LogP contribution < -0.4 is 9.47 Å². The minimum absolute atomic E-state index is 0.496. The average molecular weight is 597 g/mol. The number of hydrogen-bond donors (Lipinski definition) is 0. The largest absolute Gasteiger partial charge is 0.496 e. The van der Waals surface area contributed by atoms with E-state index in [4.69, 9.17) is 9.47 Å². The second kappa shape index (κ2) is 6.84. The Morgan fingerprint density at radius 2 is 0.889 bits per heavy atom. The molecule has 0 spiro atoms. The molecule has 0 aromatic heterocycles. The molecule has 6 bridgehead atoms. The summed E-state index contributed by atoms with van der Waals surface area (Å²) in [4.78, 5) is 0. The van der Waals surface area contributed by atoms with Gasteiger partial charge < -0.3 is 9.47 Å². The molecule has 2 aromatic rings. The van der Waals surface area contributed by atoms with E-state index >= 15 is 0 Å². The van der Waals surface area contributed by atoms with Gasteiger partial charge in [-0.15, -0.1) is 0 Å². The number of benzene rings is 2. The van der Waals surface area contributed by atoms with Gasteiger partial charge in [0.1, 0.15) is 11.5 Å². The van der Waals surface area contributed by atoms with E-state index in [1.54, 1.807) is 17.5 Å². The second-order valence-corrected chi connectivity index (χ2v) is 19.3. The molecule has 20 atom stereocenters. The van der Waals surface area contributed by atoms with Crippen LogP contribution in [0.2, 0.25) is 0 Å². The van der Waals surface area contributed by atoms with Crippen molar-refractivity contribution >= 4 is 10.8 Å². The Balaban J connectivity index is 0.927. The van der Waals surface area contributed by atoms with Crippen LogP contribution in [0.1, 0.15) is 69.9 Å². The minimum atomic E-state index is 0.496. The quantitative estimate of drug-likeness (QED) is 0.254. The Bertz CT molecular complexity index is 1740. The maximum absolute atomic E-state index is 6.34. The highest BCUT2D eigenvalue weighted by atomic mass is 16.5. The van der Waals surface area contributed by atoms with Crippen molar-refractivity contribution in [1.29, 1.82) is 0 Å². The lowest BCUT2D eigenvalue weighted by Crippen LogP contribution is -2.87. The molecule has 0 heterocycles. The van der Waals surface area contributed by atoms with E-state index in [0.717, 1.165) is 94.3 Å². The van der Waals surface area contributed by atoms with E-state index in [1.165, 1.54) is 23.6 Å². The van der Waals surface area contributed by atoms with Crippen LogP contribution in [0.3, 0.4) is 0 Å².